The highest BCUT2D eigenvalue weighted by atomic mass is 79.9. The van der Waals surface area contributed by atoms with Crippen LogP contribution in [0.5, 0.6) is 0 Å². The molecule has 2 unspecified atom stereocenters. The number of fused-ring (bicyclic) bond motifs is 1. The quantitative estimate of drug-likeness (QED) is 0.922. The summed E-state index contributed by atoms with van der Waals surface area (Å²) in [7, 11) is 0. The summed E-state index contributed by atoms with van der Waals surface area (Å²) < 4.78 is 8.24. The molecule has 0 radical (unpaired) electrons. The van der Waals surface area contributed by atoms with Gasteiger partial charge in [0.2, 0.25) is 5.95 Å². The minimum atomic E-state index is 0.216. The van der Waals surface area contributed by atoms with E-state index in [-0.39, 0.29) is 6.10 Å². The summed E-state index contributed by atoms with van der Waals surface area (Å²) in [5.74, 6) is 0.658. The number of ether oxygens (including phenoxy) is 1. The van der Waals surface area contributed by atoms with Gasteiger partial charge in [-0.2, -0.15) is 4.98 Å². The first-order valence-electron chi connectivity index (χ1n) is 5.62. The Morgan fingerprint density at radius 2 is 2.41 bits per heavy atom. The number of rotatable bonds is 2. The monoisotopic (exact) mass is 296 g/mol. The minimum absolute atomic E-state index is 0.216. The molecule has 1 N–H and O–H groups in total. The van der Waals surface area contributed by atoms with Crippen LogP contribution in [0.2, 0.25) is 0 Å². The van der Waals surface area contributed by atoms with Crippen LogP contribution in [0.15, 0.2) is 22.8 Å². The molecule has 2 aromatic heterocycles. The van der Waals surface area contributed by atoms with Gasteiger partial charge in [-0.3, -0.25) is 0 Å². The van der Waals surface area contributed by atoms with Crippen LogP contribution in [-0.2, 0) is 4.74 Å². The zero-order chi connectivity index (χ0) is 11.8. The van der Waals surface area contributed by atoms with E-state index in [1.807, 2.05) is 18.3 Å². The lowest BCUT2D eigenvalue weighted by Gasteiger charge is -2.13. The predicted molar refractivity (Wildman–Crippen MR) is 68.1 cm³/mol. The number of anilines is 1. The van der Waals surface area contributed by atoms with Crippen molar-refractivity contribution >= 4 is 27.5 Å². The van der Waals surface area contributed by atoms with Gasteiger partial charge in [0.05, 0.1) is 12.1 Å². The first-order chi connectivity index (χ1) is 8.22. The van der Waals surface area contributed by atoms with Crippen molar-refractivity contribution in [1.29, 1.82) is 0 Å². The van der Waals surface area contributed by atoms with E-state index in [0.717, 1.165) is 23.1 Å². The SMILES string of the molecule is CC1OCCC1Nc1nc2ccc(Br)cn2n1. The van der Waals surface area contributed by atoms with Gasteiger partial charge in [0, 0.05) is 17.3 Å². The van der Waals surface area contributed by atoms with Crippen LogP contribution in [0.3, 0.4) is 0 Å². The number of nitrogens with one attached hydrogen (secondary N) is 1. The molecule has 0 saturated carbocycles. The Balaban J connectivity index is 1.85. The van der Waals surface area contributed by atoms with Gasteiger partial charge in [0.1, 0.15) is 0 Å². The van der Waals surface area contributed by atoms with Gasteiger partial charge < -0.3 is 10.1 Å². The molecule has 90 valence electrons. The predicted octanol–water partition coefficient (Wildman–Crippen LogP) is 2.08. The maximum atomic E-state index is 5.50. The zero-order valence-corrected chi connectivity index (χ0v) is 11.0. The lowest BCUT2D eigenvalue weighted by Crippen LogP contribution is -2.27. The van der Waals surface area contributed by atoms with Gasteiger partial charge in [-0.1, -0.05) is 0 Å². The molecule has 0 amide bonds. The Labute approximate surface area is 107 Å². The van der Waals surface area contributed by atoms with Crippen molar-refractivity contribution in [1.82, 2.24) is 14.6 Å². The van der Waals surface area contributed by atoms with Gasteiger partial charge in [0.25, 0.3) is 0 Å². The van der Waals surface area contributed by atoms with Crippen LogP contribution in [-0.4, -0.2) is 33.4 Å². The summed E-state index contributed by atoms with van der Waals surface area (Å²) in [5.41, 5.74) is 0.835. The van der Waals surface area contributed by atoms with E-state index in [1.54, 1.807) is 4.52 Å². The number of hydrogen-bond donors (Lipinski definition) is 1. The summed E-state index contributed by atoms with van der Waals surface area (Å²) in [6.45, 7) is 2.87. The molecule has 2 aromatic rings. The van der Waals surface area contributed by atoms with E-state index in [1.165, 1.54) is 0 Å². The molecule has 3 rings (SSSR count). The maximum absolute atomic E-state index is 5.50. The van der Waals surface area contributed by atoms with E-state index < -0.39 is 0 Å². The molecule has 0 aromatic carbocycles. The third-order valence-corrected chi connectivity index (χ3v) is 3.45. The van der Waals surface area contributed by atoms with E-state index in [4.69, 9.17) is 4.74 Å². The summed E-state index contributed by atoms with van der Waals surface area (Å²) in [5, 5.41) is 7.70. The maximum Gasteiger partial charge on any atom is 0.243 e. The van der Waals surface area contributed by atoms with Crippen LogP contribution in [0.4, 0.5) is 5.95 Å². The number of nitrogens with zero attached hydrogens (tertiary/aromatic N) is 3. The highest BCUT2D eigenvalue weighted by molar-refractivity contribution is 9.10. The molecule has 0 bridgehead atoms. The Bertz CT molecular complexity index is 541. The van der Waals surface area contributed by atoms with Crippen molar-refractivity contribution in [2.75, 3.05) is 11.9 Å². The van der Waals surface area contributed by atoms with Gasteiger partial charge in [-0.25, -0.2) is 4.52 Å². The highest BCUT2D eigenvalue weighted by Crippen LogP contribution is 2.18. The number of aromatic nitrogens is 3. The van der Waals surface area contributed by atoms with Crippen molar-refractivity contribution < 1.29 is 4.74 Å². The number of pyridine rings is 1. The van der Waals surface area contributed by atoms with Crippen molar-refractivity contribution in [3.63, 3.8) is 0 Å². The number of hydrogen-bond acceptors (Lipinski definition) is 4. The zero-order valence-electron chi connectivity index (χ0n) is 9.43. The lowest BCUT2D eigenvalue weighted by atomic mass is 10.2. The average Bonchev–Trinajstić information content (AvgIpc) is 2.85. The smallest absolute Gasteiger partial charge is 0.243 e. The minimum Gasteiger partial charge on any atom is -0.376 e. The first kappa shape index (κ1) is 11.0. The summed E-state index contributed by atoms with van der Waals surface area (Å²) in [4.78, 5) is 4.42. The van der Waals surface area contributed by atoms with Gasteiger partial charge >= 0.3 is 0 Å². The van der Waals surface area contributed by atoms with Gasteiger partial charge in [-0.15, -0.1) is 5.10 Å². The van der Waals surface area contributed by atoms with Crippen LogP contribution in [0.25, 0.3) is 5.65 Å². The molecule has 17 heavy (non-hydrogen) atoms. The topological polar surface area (TPSA) is 51.5 Å². The second-order valence-corrected chi connectivity index (χ2v) is 5.12. The van der Waals surface area contributed by atoms with Gasteiger partial charge in [-0.05, 0) is 41.4 Å². The van der Waals surface area contributed by atoms with Crippen LogP contribution >= 0.6 is 15.9 Å². The molecule has 1 fully saturated rings. The third-order valence-electron chi connectivity index (χ3n) is 2.99. The fraction of sp³-hybridized carbons (Fsp3) is 0.455. The molecular formula is C11H13BrN4O. The Morgan fingerprint density at radius 1 is 1.53 bits per heavy atom. The molecule has 5 nitrogen and oxygen atoms in total. The molecule has 6 heteroatoms. The standard InChI is InChI=1S/C11H13BrN4O/c1-7-9(4-5-17-7)13-11-14-10-3-2-8(12)6-16(10)15-11/h2-3,6-7,9H,4-5H2,1H3,(H,13,15). The Kier molecular flexibility index (Phi) is 2.76. The van der Waals surface area contributed by atoms with E-state index in [2.05, 4.69) is 38.3 Å². The highest BCUT2D eigenvalue weighted by Gasteiger charge is 2.25. The molecule has 1 aliphatic heterocycles. The van der Waals surface area contributed by atoms with Crippen LogP contribution in [0, 0.1) is 0 Å². The van der Waals surface area contributed by atoms with Crippen LogP contribution in [0.1, 0.15) is 13.3 Å². The van der Waals surface area contributed by atoms with E-state index in [0.29, 0.717) is 12.0 Å². The number of halogens is 1. The fourth-order valence-electron chi connectivity index (χ4n) is 2.01. The van der Waals surface area contributed by atoms with Crippen molar-refractivity contribution in [2.45, 2.75) is 25.5 Å². The Hall–Kier alpha value is -1.14. The molecule has 0 aliphatic carbocycles. The van der Waals surface area contributed by atoms with Crippen LogP contribution < -0.4 is 5.32 Å². The molecule has 1 saturated heterocycles. The van der Waals surface area contributed by atoms with E-state index in [9.17, 15) is 0 Å². The molecular weight excluding hydrogens is 284 g/mol. The molecule has 0 spiro atoms. The Morgan fingerprint density at radius 3 is 3.18 bits per heavy atom. The van der Waals surface area contributed by atoms with Crippen molar-refractivity contribution in [3.8, 4) is 0 Å². The first-order valence-corrected chi connectivity index (χ1v) is 6.42. The summed E-state index contributed by atoms with van der Waals surface area (Å²) >= 11 is 3.41. The largest absolute Gasteiger partial charge is 0.376 e. The average molecular weight is 297 g/mol. The summed E-state index contributed by atoms with van der Waals surface area (Å²) in [6, 6.07) is 4.18. The lowest BCUT2D eigenvalue weighted by molar-refractivity contribution is 0.121. The fourth-order valence-corrected chi connectivity index (χ4v) is 2.33. The normalized spacial score (nSPS) is 24.4. The molecule has 2 atom stereocenters. The van der Waals surface area contributed by atoms with Gasteiger partial charge in [0.15, 0.2) is 5.65 Å². The van der Waals surface area contributed by atoms with E-state index >= 15 is 0 Å². The molecule has 3 heterocycles. The second-order valence-electron chi connectivity index (χ2n) is 4.20. The third kappa shape index (κ3) is 2.14. The second kappa shape index (κ2) is 4.27. The molecule has 1 aliphatic rings. The summed E-state index contributed by atoms with van der Waals surface area (Å²) in [6.07, 6.45) is 3.11. The van der Waals surface area contributed by atoms with Crippen molar-refractivity contribution in [3.05, 3.63) is 22.8 Å². The van der Waals surface area contributed by atoms with Crippen molar-refractivity contribution in [2.24, 2.45) is 0 Å².